The molecule has 36 heavy (non-hydrogen) atoms. The summed E-state index contributed by atoms with van der Waals surface area (Å²) in [6.07, 6.45) is 0.729. The molecule has 0 bridgehead atoms. The van der Waals surface area contributed by atoms with Gasteiger partial charge < -0.3 is 24.4 Å². The number of benzene rings is 2. The molecule has 10 heteroatoms. The Morgan fingerprint density at radius 2 is 1.83 bits per heavy atom. The van der Waals surface area contributed by atoms with Gasteiger partial charge >= 0.3 is 5.97 Å². The van der Waals surface area contributed by atoms with Gasteiger partial charge in [-0.3, -0.25) is 19.7 Å². The zero-order chi connectivity index (χ0) is 25.9. The number of nitrogens with one attached hydrogen (secondary N) is 2. The minimum Gasteiger partial charge on any atom is -0.491 e. The number of carbonyl (C=O) groups excluding carboxylic acids is 3. The summed E-state index contributed by atoms with van der Waals surface area (Å²) in [5.41, 5.74) is 0.393. The van der Waals surface area contributed by atoms with Gasteiger partial charge in [0.15, 0.2) is 5.11 Å². The Bertz CT molecular complexity index is 1050. The molecule has 1 aliphatic heterocycles. The fourth-order valence-electron chi connectivity index (χ4n) is 3.45. The average molecular weight is 514 g/mol. The van der Waals surface area contributed by atoms with E-state index < -0.39 is 17.9 Å². The third kappa shape index (κ3) is 7.94. The molecule has 192 valence electrons. The molecule has 0 aliphatic carbocycles. The predicted molar refractivity (Wildman–Crippen MR) is 138 cm³/mol. The number of piperazine rings is 1. The van der Waals surface area contributed by atoms with Crippen LogP contribution in [0.1, 0.15) is 37.0 Å². The van der Waals surface area contributed by atoms with Crippen LogP contribution in [0, 0.1) is 0 Å². The summed E-state index contributed by atoms with van der Waals surface area (Å²) in [6.45, 7) is 4.92. The third-order valence-electron chi connectivity index (χ3n) is 5.56. The number of esters is 1. The first kappa shape index (κ1) is 26.9. The van der Waals surface area contributed by atoms with Gasteiger partial charge in [0, 0.05) is 18.7 Å². The topological polar surface area (TPSA) is 106 Å². The lowest BCUT2D eigenvalue weighted by atomic mass is 10.1. The normalized spacial score (nSPS) is 15.9. The maximum Gasteiger partial charge on any atom is 0.308 e. The van der Waals surface area contributed by atoms with Crippen LogP contribution in [0.25, 0.3) is 0 Å². The standard InChI is InChI=1S/C26H31N3O6S/c1-3-18(2)35-21-11-9-19(10-12-21)24(31)28-26(36)29-14-13-27-25(32)22(29)17-23(30)34-16-15-33-20-7-5-4-6-8-20/h4-12,18,22H,3,13-17H2,1-2H3,(H,27,32)(H,28,31,36). The molecule has 0 spiro atoms. The van der Waals surface area contributed by atoms with Gasteiger partial charge in [-0.2, -0.15) is 0 Å². The molecule has 1 heterocycles. The second kappa shape index (κ2) is 13.4. The van der Waals surface area contributed by atoms with Crippen LogP contribution in [0.15, 0.2) is 54.6 Å². The van der Waals surface area contributed by atoms with Gasteiger partial charge in [-0.05, 0) is 62.0 Å². The fraction of sp³-hybridized carbons (Fsp3) is 0.385. The molecule has 1 saturated heterocycles. The van der Waals surface area contributed by atoms with Gasteiger partial charge in [0.1, 0.15) is 30.8 Å². The van der Waals surface area contributed by atoms with Crippen molar-refractivity contribution in [3.05, 3.63) is 60.2 Å². The highest BCUT2D eigenvalue weighted by Crippen LogP contribution is 2.16. The summed E-state index contributed by atoms with van der Waals surface area (Å²) in [6, 6.07) is 15.0. The molecule has 2 N–H and O–H groups in total. The number of amides is 2. The van der Waals surface area contributed by atoms with E-state index in [2.05, 4.69) is 10.6 Å². The van der Waals surface area contributed by atoms with Gasteiger partial charge in [0.05, 0.1) is 12.5 Å². The van der Waals surface area contributed by atoms with Gasteiger partial charge in [-0.25, -0.2) is 0 Å². The first-order valence-corrected chi connectivity index (χ1v) is 12.3. The smallest absolute Gasteiger partial charge is 0.308 e. The van der Waals surface area contributed by atoms with Gasteiger partial charge in [0.2, 0.25) is 5.91 Å². The predicted octanol–water partition coefficient (Wildman–Crippen LogP) is 2.69. The molecule has 9 nitrogen and oxygen atoms in total. The largest absolute Gasteiger partial charge is 0.491 e. The van der Waals surface area contributed by atoms with E-state index >= 15 is 0 Å². The maximum atomic E-state index is 12.7. The third-order valence-corrected chi connectivity index (χ3v) is 5.90. The van der Waals surface area contributed by atoms with Gasteiger partial charge in [0.25, 0.3) is 5.91 Å². The van der Waals surface area contributed by atoms with E-state index in [0.29, 0.717) is 30.2 Å². The van der Waals surface area contributed by atoms with Crippen molar-refractivity contribution >= 4 is 35.1 Å². The highest BCUT2D eigenvalue weighted by atomic mass is 32.1. The first-order valence-electron chi connectivity index (χ1n) is 11.9. The van der Waals surface area contributed by atoms with Crippen molar-refractivity contribution in [3.63, 3.8) is 0 Å². The number of hydrogen-bond acceptors (Lipinski definition) is 7. The lowest BCUT2D eigenvalue weighted by Gasteiger charge is -2.36. The molecule has 0 saturated carbocycles. The Kier molecular flexibility index (Phi) is 10.1. The molecule has 0 aromatic heterocycles. The minimum absolute atomic E-state index is 0.0417. The molecule has 2 unspecified atom stereocenters. The zero-order valence-corrected chi connectivity index (χ0v) is 21.2. The first-order chi connectivity index (χ1) is 17.4. The Balaban J connectivity index is 1.51. The zero-order valence-electron chi connectivity index (χ0n) is 20.4. The van der Waals surface area contributed by atoms with Crippen molar-refractivity contribution in [2.45, 2.75) is 38.8 Å². The van der Waals surface area contributed by atoms with Crippen LogP contribution in [0.5, 0.6) is 11.5 Å². The van der Waals surface area contributed by atoms with Crippen molar-refractivity contribution < 1.29 is 28.6 Å². The van der Waals surface area contributed by atoms with E-state index in [9.17, 15) is 14.4 Å². The molecule has 2 aromatic carbocycles. The highest BCUT2D eigenvalue weighted by molar-refractivity contribution is 7.80. The molecule has 2 amide bonds. The monoisotopic (exact) mass is 513 g/mol. The van der Waals surface area contributed by atoms with Gasteiger partial charge in [-0.15, -0.1) is 0 Å². The van der Waals surface area contributed by atoms with Crippen LogP contribution < -0.4 is 20.1 Å². The Labute approximate surface area is 216 Å². The Morgan fingerprint density at radius 3 is 2.53 bits per heavy atom. The van der Waals surface area contributed by atoms with E-state index in [1.165, 1.54) is 4.90 Å². The maximum absolute atomic E-state index is 12.7. The lowest BCUT2D eigenvalue weighted by molar-refractivity contribution is -0.148. The Morgan fingerprint density at radius 1 is 1.11 bits per heavy atom. The van der Waals surface area contributed by atoms with Crippen LogP contribution in [-0.2, 0) is 14.3 Å². The van der Waals surface area contributed by atoms with Gasteiger partial charge in [-0.1, -0.05) is 25.1 Å². The van der Waals surface area contributed by atoms with E-state index in [1.807, 2.05) is 32.0 Å². The minimum atomic E-state index is -0.889. The lowest BCUT2D eigenvalue weighted by Crippen LogP contribution is -2.60. The quantitative estimate of drug-likeness (QED) is 0.284. The average Bonchev–Trinajstić information content (AvgIpc) is 2.88. The van der Waals surface area contributed by atoms with Crippen LogP contribution in [-0.4, -0.2) is 66.2 Å². The number of rotatable bonds is 10. The summed E-state index contributed by atoms with van der Waals surface area (Å²) < 4.78 is 16.5. The van der Waals surface area contributed by atoms with Crippen molar-refractivity contribution in [2.75, 3.05) is 26.3 Å². The molecule has 2 aromatic rings. The highest BCUT2D eigenvalue weighted by Gasteiger charge is 2.34. The van der Waals surface area contributed by atoms with E-state index in [0.717, 1.165) is 6.42 Å². The summed E-state index contributed by atoms with van der Waals surface area (Å²) in [7, 11) is 0. The molecule has 1 aliphatic rings. The number of carbonyl (C=O) groups is 3. The van der Waals surface area contributed by atoms with Crippen LogP contribution >= 0.6 is 12.2 Å². The summed E-state index contributed by atoms with van der Waals surface area (Å²) in [5, 5.41) is 5.45. The van der Waals surface area contributed by atoms with Crippen molar-refractivity contribution in [2.24, 2.45) is 0 Å². The number of nitrogens with zero attached hydrogens (tertiary/aromatic N) is 1. The van der Waals surface area contributed by atoms with Crippen molar-refractivity contribution in [1.29, 1.82) is 0 Å². The van der Waals surface area contributed by atoms with E-state index in [1.54, 1.807) is 36.4 Å². The summed E-state index contributed by atoms with van der Waals surface area (Å²) in [5.74, 6) is 0.00107. The number of hydrogen-bond donors (Lipinski definition) is 2. The number of thiocarbonyl (C=S) groups is 1. The van der Waals surface area contributed by atoms with Crippen molar-refractivity contribution in [3.8, 4) is 11.5 Å². The van der Waals surface area contributed by atoms with Crippen LogP contribution in [0.2, 0.25) is 0 Å². The second-order valence-corrected chi connectivity index (χ2v) is 8.59. The fourth-order valence-corrected chi connectivity index (χ4v) is 3.76. The van der Waals surface area contributed by atoms with Crippen LogP contribution in [0.4, 0.5) is 0 Å². The summed E-state index contributed by atoms with van der Waals surface area (Å²) >= 11 is 5.41. The Hall–Kier alpha value is -3.66. The molecule has 2 atom stereocenters. The molecule has 0 radical (unpaired) electrons. The van der Waals surface area contributed by atoms with Crippen molar-refractivity contribution in [1.82, 2.24) is 15.5 Å². The molecular formula is C26H31N3O6S. The number of ether oxygens (including phenoxy) is 3. The second-order valence-electron chi connectivity index (χ2n) is 8.21. The van der Waals surface area contributed by atoms with E-state index in [4.69, 9.17) is 26.4 Å². The molecule has 3 rings (SSSR count). The molecular weight excluding hydrogens is 482 g/mol. The molecule has 1 fully saturated rings. The SMILES string of the molecule is CCC(C)Oc1ccc(C(=O)NC(=S)N2CCNC(=O)C2CC(=O)OCCOc2ccccc2)cc1. The van der Waals surface area contributed by atoms with Crippen LogP contribution in [0.3, 0.4) is 0 Å². The summed E-state index contributed by atoms with van der Waals surface area (Å²) in [4.78, 5) is 39.1. The number of para-hydroxylation sites is 1. The van der Waals surface area contributed by atoms with E-state index in [-0.39, 0.29) is 36.8 Å².